The van der Waals surface area contributed by atoms with Gasteiger partial charge in [-0.1, -0.05) is 29.5 Å². The second-order valence-corrected chi connectivity index (χ2v) is 10.9. The molecule has 0 aliphatic heterocycles. The molecule has 7 nitrogen and oxygen atoms in total. The van der Waals surface area contributed by atoms with Gasteiger partial charge in [0.05, 0.1) is 17.9 Å². The van der Waals surface area contributed by atoms with Gasteiger partial charge in [-0.2, -0.15) is 9.66 Å². The lowest BCUT2D eigenvalue weighted by molar-refractivity contribution is 0.242. The summed E-state index contributed by atoms with van der Waals surface area (Å²) >= 11 is 1.47. The quantitative estimate of drug-likeness (QED) is 0.461. The van der Waals surface area contributed by atoms with Crippen molar-refractivity contribution in [3.05, 3.63) is 53.1 Å². The van der Waals surface area contributed by atoms with Crippen LogP contribution >= 0.6 is 11.3 Å². The summed E-state index contributed by atoms with van der Waals surface area (Å²) in [6, 6.07) is 13.7. The van der Waals surface area contributed by atoms with Gasteiger partial charge >= 0.3 is 0 Å². The summed E-state index contributed by atoms with van der Waals surface area (Å²) in [6.07, 6.45) is 5.33. The van der Waals surface area contributed by atoms with Crippen LogP contribution in [0.2, 0.25) is 0 Å². The molecule has 0 bridgehead atoms. The molecular formula is C24H24N4O3S2. The minimum atomic E-state index is -3.41. The maximum atomic E-state index is 11.5. The van der Waals surface area contributed by atoms with Crippen LogP contribution in [0, 0.1) is 11.3 Å². The molecule has 9 heteroatoms. The van der Waals surface area contributed by atoms with Gasteiger partial charge in [-0.05, 0) is 62.4 Å². The first-order valence-electron chi connectivity index (χ1n) is 10.7. The number of ether oxygens (including phenoxy) is 1. The predicted octanol–water partition coefficient (Wildman–Crippen LogP) is 4.98. The van der Waals surface area contributed by atoms with Crippen molar-refractivity contribution in [2.24, 2.45) is 4.40 Å². The van der Waals surface area contributed by atoms with E-state index in [9.17, 15) is 13.7 Å². The fourth-order valence-electron chi connectivity index (χ4n) is 3.98. The fraction of sp³-hybridized carbons (Fsp3) is 0.333. The Morgan fingerprint density at radius 3 is 2.76 bits per heavy atom. The van der Waals surface area contributed by atoms with Gasteiger partial charge in [0.2, 0.25) is 10.0 Å². The number of sulfonamides is 1. The molecule has 2 aromatic carbocycles. The molecule has 1 heterocycles. The Morgan fingerprint density at radius 1 is 1.24 bits per heavy atom. The van der Waals surface area contributed by atoms with E-state index in [1.807, 2.05) is 38.1 Å². The van der Waals surface area contributed by atoms with E-state index in [0.29, 0.717) is 11.3 Å². The molecule has 0 spiro atoms. The van der Waals surface area contributed by atoms with Crippen LogP contribution in [0.3, 0.4) is 0 Å². The maximum Gasteiger partial charge on any atom is 0.249 e. The molecule has 170 valence electrons. The largest absolute Gasteiger partial charge is 0.490 e. The van der Waals surface area contributed by atoms with Crippen molar-refractivity contribution in [1.82, 2.24) is 10.2 Å². The Labute approximate surface area is 197 Å². The maximum absolute atomic E-state index is 11.5. The van der Waals surface area contributed by atoms with Gasteiger partial charge in [0, 0.05) is 23.3 Å². The van der Waals surface area contributed by atoms with E-state index in [2.05, 4.69) is 20.7 Å². The molecule has 0 amide bonds. The highest BCUT2D eigenvalue weighted by Crippen LogP contribution is 2.39. The highest BCUT2D eigenvalue weighted by molar-refractivity contribution is 7.89. The molecule has 4 rings (SSSR count). The van der Waals surface area contributed by atoms with Gasteiger partial charge in [0.15, 0.2) is 0 Å². The summed E-state index contributed by atoms with van der Waals surface area (Å²) in [5.74, 6) is 0.516. The third-order valence-electron chi connectivity index (χ3n) is 5.35. The van der Waals surface area contributed by atoms with E-state index < -0.39 is 10.0 Å². The number of fused-ring (bicyclic) bond motifs is 1. The molecule has 3 aromatic rings. The second-order valence-electron chi connectivity index (χ2n) is 8.26. The molecule has 1 aliphatic carbocycles. The zero-order valence-corrected chi connectivity index (χ0v) is 20.3. The highest BCUT2D eigenvalue weighted by Gasteiger charge is 2.23. The predicted molar refractivity (Wildman–Crippen MR) is 130 cm³/mol. The lowest BCUT2D eigenvalue weighted by Crippen LogP contribution is -2.12. The van der Waals surface area contributed by atoms with Crippen molar-refractivity contribution in [1.29, 1.82) is 5.26 Å². The average Bonchev–Trinajstić information content (AvgIpc) is 3.26. The van der Waals surface area contributed by atoms with Gasteiger partial charge in [-0.15, -0.1) is 10.2 Å². The standard InChI is InChI=1S/C24H24N4O3S2/c1-15(2)31-22-11-10-16(12-18(22)13-25)23-27-28-24(32-23)21-9-5-7-19-17(6-4-8-20(19)21)14-26-33(3,29)30/h5,7,9-12,14-15,17H,4,6,8H2,1-3H3. The lowest BCUT2D eigenvalue weighted by Gasteiger charge is -2.24. The Kier molecular flexibility index (Phi) is 6.58. The van der Waals surface area contributed by atoms with E-state index in [1.165, 1.54) is 11.3 Å². The van der Waals surface area contributed by atoms with Crippen molar-refractivity contribution in [2.75, 3.05) is 6.26 Å². The van der Waals surface area contributed by atoms with Gasteiger partial charge in [-0.3, -0.25) is 0 Å². The van der Waals surface area contributed by atoms with Crippen molar-refractivity contribution in [2.45, 2.75) is 45.1 Å². The number of aromatic nitrogens is 2. The van der Waals surface area contributed by atoms with Gasteiger partial charge in [0.1, 0.15) is 21.8 Å². The van der Waals surface area contributed by atoms with Crippen LogP contribution < -0.4 is 4.74 Å². The number of nitrogens with zero attached hydrogens (tertiary/aromatic N) is 4. The minimum absolute atomic E-state index is 0.0216. The van der Waals surface area contributed by atoms with Crippen molar-refractivity contribution >= 4 is 27.6 Å². The second kappa shape index (κ2) is 9.41. The van der Waals surface area contributed by atoms with E-state index in [4.69, 9.17) is 4.74 Å². The Bertz CT molecular complexity index is 1350. The van der Waals surface area contributed by atoms with Crippen LogP contribution in [-0.2, 0) is 16.4 Å². The Morgan fingerprint density at radius 2 is 2.03 bits per heavy atom. The Balaban J connectivity index is 1.68. The van der Waals surface area contributed by atoms with Gasteiger partial charge in [0.25, 0.3) is 0 Å². The van der Waals surface area contributed by atoms with Crippen molar-refractivity contribution in [3.63, 3.8) is 0 Å². The van der Waals surface area contributed by atoms with E-state index >= 15 is 0 Å². The molecule has 1 unspecified atom stereocenters. The highest BCUT2D eigenvalue weighted by atomic mass is 32.2. The number of nitriles is 1. The zero-order chi connectivity index (χ0) is 23.6. The molecule has 0 saturated heterocycles. The normalized spacial score (nSPS) is 16.0. The number of benzene rings is 2. The Hall–Kier alpha value is -3.09. The van der Waals surface area contributed by atoms with Crippen LogP contribution in [0.5, 0.6) is 5.75 Å². The molecule has 0 fully saturated rings. The van der Waals surface area contributed by atoms with Crippen molar-refractivity contribution < 1.29 is 13.2 Å². The minimum Gasteiger partial charge on any atom is -0.490 e. The third-order valence-corrected chi connectivity index (χ3v) is 6.86. The summed E-state index contributed by atoms with van der Waals surface area (Å²) in [7, 11) is -3.41. The number of hydrogen-bond acceptors (Lipinski definition) is 7. The topological polar surface area (TPSA) is 105 Å². The first-order chi connectivity index (χ1) is 15.7. The summed E-state index contributed by atoms with van der Waals surface area (Å²) < 4.78 is 32.4. The van der Waals surface area contributed by atoms with Crippen LogP contribution in [0.25, 0.3) is 21.1 Å². The number of hydrogen-bond donors (Lipinski definition) is 0. The molecule has 1 aliphatic rings. The summed E-state index contributed by atoms with van der Waals surface area (Å²) in [5.41, 5.74) is 4.53. The van der Waals surface area contributed by atoms with E-state index in [-0.39, 0.29) is 12.0 Å². The molecule has 0 radical (unpaired) electrons. The summed E-state index contributed by atoms with van der Waals surface area (Å²) in [4.78, 5) is 0. The van der Waals surface area contributed by atoms with Gasteiger partial charge < -0.3 is 4.74 Å². The smallest absolute Gasteiger partial charge is 0.249 e. The summed E-state index contributed by atoms with van der Waals surface area (Å²) in [6.45, 7) is 3.84. The van der Waals surface area contributed by atoms with Crippen LogP contribution in [0.15, 0.2) is 40.8 Å². The van der Waals surface area contributed by atoms with Gasteiger partial charge in [-0.25, -0.2) is 8.42 Å². The van der Waals surface area contributed by atoms with Crippen LogP contribution in [-0.4, -0.2) is 37.2 Å². The first kappa shape index (κ1) is 23.1. The summed E-state index contributed by atoms with van der Waals surface area (Å²) in [5, 5.41) is 19.9. The SMILES string of the molecule is CC(C)Oc1ccc(-c2nnc(-c3cccc4c3CCCC4C=NS(C)(=O)=O)s2)cc1C#N. The monoisotopic (exact) mass is 480 g/mol. The molecule has 0 N–H and O–H groups in total. The molecular weight excluding hydrogens is 456 g/mol. The van der Waals surface area contributed by atoms with Crippen LogP contribution in [0.4, 0.5) is 0 Å². The zero-order valence-electron chi connectivity index (χ0n) is 18.6. The first-order valence-corrected chi connectivity index (χ1v) is 13.3. The molecule has 1 atom stereocenters. The van der Waals surface area contributed by atoms with Crippen LogP contribution in [0.1, 0.15) is 49.3 Å². The molecule has 33 heavy (non-hydrogen) atoms. The average molecular weight is 481 g/mol. The number of rotatable bonds is 6. The third kappa shape index (κ3) is 5.29. The molecule has 0 saturated carbocycles. The van der Waals surface area contributed by atoms with E-state index in [1.54, 1.807) is 18.3 Å². The lowest BCUT2D eigenvalue weighted by atomic mass is 9.81. The molecule has 1 aromatic heterocycles. The fourth-order valence-corrected chi connectivity index (χ4v) is 5.24. The van der Waals surface area contributed by atoms with Crippen molar-refractivity contribution in [3.8, 4) is 33.0 Å². The van der Waals surface area contributed by atoms with E-state index in [0.717, 1.165) is 57.8 Å².